The van der Waals surface area contributed by atoms with Gasteiger partial charge >= 0.3 is 0 Å². The molecule has 0 radical (unpaired) electrons. The minimum Gasteiger partial charge on any atom is -0.508 e. The number of hydrogen-bond donors (Lipinski definition) is 3. The average Bonchev–Trinajstić information content (AvgIpc) is 3.02. The Balaban J connectivity index is 1.68. The van der Waals surface area contributed by atoms with E-state index in [1.54, 1.807) is 0 Å². The standard InChI is InChI=1S/C18H24Cl2N2O3/c19-13-3-4-14(23)15(16(13)20)17(24)11-2-1-8-22(9-6-11)18(25)12-5-7-21-10-12/h3-4,11-12,17,21,23-24H,1-2,5-10H2/t11-,12-,17-/m0/s1. The first kappa shape index (κ1) is 18.8. The molecule has 0 unspecified atom stereocenters. The second kappa shape index (κ2) is 8.12. The zero-order valence-electron chi connectivity index (χ0n) is 14.0. The maximum absolute atomic E-state index is 12.6. The third-order valence-corrected chi connectivity index (χ3v) is 6.16. The van der Waals surface area contributed by atoms with Crippen LogP contribution in [-0.4, -0.2) is 47.2 Å². The van der Waals surface area contributed by atoms with Crippen molar-refractivity contribution in [1.29, 1.82) is 0 Å². The van der Waals surface area contributed by atoms with E-state index >= 15 is 0 Å². The van der Waals surface area contributed by atoms with Crippen molar-refractivity contribution in [3.05, 3.63) is 27.7 Å². The fourth-order valence-electron chi connectivity index (χ4n) is 3.86. The van der Waals surface area contributed by atoms with Crippen LogP contribution in [0.4, 0.5) is 0 Å². The quantitative estimate of drug-likeness (QED) is 0.746. The Kier molecular flexibility index (Phi) is 6.10. The molecule has 7 heteroatoms. The van der Waals surface area contributed by atoms with Gasteiger partial charge in [0.15, 0.2) is 0 Å². The van der Waals surface area contributed by atoms with Crippen LogP contribution in [-0.2, 0) is 4.79 Å². The maximum atomic E-state index is 12.6. The third kappa shape index (κ3) is 4.05. The fourth-order valence-corrected chi connectivity index (χ4v) is 4.29. The first-order valence-corrected chi connectivity index (χ1v) is 9.59. The molecule has 3 atom stereocenters. The molecular weight excluding hydrogens is 363 g/mol. The van der Waals surface area contributed by atoms with Gasteiger partial charge in [-0.3, -0.25) is 4.79 Å². The van der Waals surface area contributed by atoms with Crippen LogP contribution in [0.15, 0.2) is 12.1 Å². The highest BCUT2D eigenvalue weighted by atomic mass is 35.5. The van der Waals surface area contributed by atoms with Gasteiger partial charge in [0.25, 0.3) is 0 Å². The number of nitrogens with zero attached hydrogens (tertiary/aromatic N) is 1. The number of nitrogens with one attached hydrogen (secondary N) is 1. The van der Waals surface area contributed by atoms with E-state index in [2.05, 4.69) is 5.32 Å². The summed E-state index contributed by atoms with van der Waals surface area (Å²) in [7, 11) is 0. The van der Waals surface area contributed by atoms with Gasteiger partial charge in [-0.25, -0.2) is 0 Å². The van der Waals surface area contributed by atoms with Gasteiger partial charge in [0, 0.05) is 25.2 Å². The summed E-state index contributed by atoms with van der Waals surface area (Å²) in [5.74, 6) is 0.175. The second-order valence-corrected chi connectivity index (χ2v) is 7.73. The number of phenols is 1. The van der Waals surface area contributed by atoms with Crippen LogP contribution in [0.5, 0.6) is 5.75 Å². The Morgan fingerprint density at radius 2 is 2.04 bits per heavy atom. The Bertz CT molecular complexity index is 635. The molecule has 25 heavy (non-hydrogen) atoms. The molecule has 5 nitrogen and oxygen atoms in total. The Hall–Kier alpha value is -1.01. The van der Waals surface area contributed by atoms with Crippen molar-refractivity contribution < 1.29 is 15.0 Å². The molecule has 1 amide bonds. The number of carbonyl (C=O) groups is 1. The molecule has 0 spiro atoms. The Labute approximate surface area is 157 Å². The summed E-state index contributed by atoms with van der Waals surface area (Å²) >= 11 is 12.2. The highest BCUT2D eigenvalue weighted by molar-refractivity contribution is 6.42. The number of hydrogen-bond acceptors (Lipinski definition) is 4. The molecule has 2 aliphatic heterocycles. The third-order valence-electron chi connectivity index (χ3n) is 5.35. The highest BCUT2D eigenvalue weighted by Crippen LogP contribution is 2.41. The highest BCUT2D eigenvalue weighted by Gasteiger charge is 2.32. The van der Waals surface area contributed by atoms with Crippen molar-refractivity contribution in [1.82, 2.24) is 10.2 Å². The van der Waals surface area contributed by atoms with Gasteiger partial charge in [-0.15, -0.1) is 0 Å². The van der Waals surface area contributed by atoms with Crippen molar-refractivity contribution in [2.45, 2.75) is 31.8 Å². The summed E-state index contributed by atoms with van der Waals surface area (Å²) in [6, 6.07) is 2.96. The molecule has 2 fully saturated rings. The monoisotopic (exact) mass is 386 g/mol. The van der Waals surface area contributed by atoms with Crippen LogP contribution in [0.25, 0.3) is 0 Å². The molecular formula is C18H24Cl2N2O3. The Morgan fingerprint density at radius 3 is 2.76 bits per heavy atom. The van der Waals surface area contributed by atoms with Crippen LogP contribution < -0.4 is 5.32 Å². The molecule has 3 rings (SSSR count). The van der Waals surface area contributed by atoms with Gasteiger partial charge in [-0.2, -0.15) is 0 Å². The van der Waals surface area contributed by atoms with E-state index in [1.807, 2.05) is 4.90 Å². The van der Waals surface area contributed by atoms with Crippen molar-refractivity contribution in [2.75, 3.05) is 26.2 Å². The van der Waals surface area contributed by atoms with Gasteiger partial charge in [0.05, 0.1) is 22.1 Å². The summed E-state index contributed by atoms with van der Waals surface area (Å²) in [5.41, 5.74) is 0.291. The summed E-state index contributed by atoms with van der Waals surface area (Å²) in [6.07, 6.45) is 2.28. The number of rotatable bonds is 3. The molecule has 2 heterocycles. The van der Waals surface area contributed by atoms with E-state index in [1.165, 1.54) is 12.1 Å². The summed E-state index contributed by atoms with van der Waals surface area (Å²) in [5, 5.41) is 24.6. The van der Waals surface area contributed by atoms with E-state index in [0.717, 1.165) is 32.4 Å². The number of amides is 1. The van der Waals surface area contributed by atoms with Crippen molar-refractivity contribution in [2.24, 2.45) is 11.8 Å². The largest absolute Gasteiger partial charge is 0.508 e. The van der Waals surface area contributed by atoms with Crippen LogP contribution >= 0.6 is 23.2 Å². The van der Waals surface area contributed by atoms with Crippen LogP contribution in [0.3, 0.4) is 0 Å². The number of benzene rings is 1. The van der Waals surface area contributed by atoms with E-state index in [9.17, 15) is 15.0 Å². The molecule has 138 valence electrons. The summed E-state index contributed by atoms with van der Waals surface area (Å²) < 4.78 is 0. The van der Waals surface area contributed by atoms with Crippen molar-refractivity contribution >= 4 is 29.1 Å². The van der Waals surface area contributed by atoms with Crippen molar-refractivity contribution in [3.8, 4) is 5.75 Å². The molecule has 0 bridgehead atoms. The topological polar surface area (TPSA) is 72.8 Å². The van der Waals surface area contributed by atoms with Gasteiger partial charge < -0.3 is 20.4 Å². The zero-order valence-corrected chi connectivity index (χ0v) is 15.6. The van der Waals surface area contributed by atoms with Crippen LogP contribution in [0.1, 0.15) is 37.4 Å². The number of aliphatic hydroxyl groups is 1. The smallest absolute Gasteiger partial charge is 0.227 e. The lowest BCUT2D eigenvalue weighted by molar-refractivity contribution is -0.134. The molecule has 0 aromatic heterocycles. The van der Waals surface area contributed by atoms with E-state index in [0.29, 0.717) is 30.1 Å². The lowest BCUT2D eigenvalue weighted by Gasteiger charge is -2.25. The summed E-state index contributed by atoms with van der Waals surface area (Å²) in [6.45, 7) is 3.00. The SMILES string of the molecule is O=C([C@H]1CCNC1)N1CCC[C@H]([C@H](O)c2c(O)ccc(Cl)c2Cl)CC1. The number of phenolic OH excluding ortho intramolecular Hbond substituents is 1. The minimum absolute atomic E-state index is 0.0453. The maximum Gasteiger partial charge on any atom is 0.227 e. The predicted molar refractivity (Wildman–Crippen MR) is 98.0 cm³/mol. The number of aliphatic hydroxyl groups excluding tert-OH is 1. The second-order valence-electron chi connectivity index (χ2n) is 6.94. The molecule has 2 aliphatic rings. The van der Waals surface area contributed by atoms with Crippen LogP contribution in [0, 0.1) is 11.8 Å². The van der Waals surface area contributed by atoms with Gasteiger partial charge in [0.1, 0.15) is 5.75 Å². The van der Waals surface area contributed by atoms with Gasteiger partial charge in [0.2, 0.25) is 5.91 Å². The van der Waals surface area contributed by atoms with E-state index < -0.39 is 6.10 Å². The fraction of sp³-hybridized carbons (Fsp3) is 0.611. The van der Waals surface area contributed by atoms with Crippen molar-refractivity contribution in [3.63, 3.8) is 0 Å². The lowest BCUT2D eigenvalue weighted by atomic mass is 9.89. The predicted octanol–water partition coefficient (Wildman–Crippen LogP) is 2.97. The van der Waals surface area contributed by atoms with E-state index in [4.69, 9.17) is 23.2 Å². The minimum atomic E-state index is -0.894. The van der Waals surface area contributed by atoms with Gasteiger partial charge in [-0.1, -0.05) is 23.2 Å². The zero-order chi connectivity index (χ0) is 18.0. The normalized spacial score (nSPS) is 25.6. The molecule has 1 aromatic carbocycles. The molecule has 2 saturated heterocycles. The molecule has 0 aliphatic carbocycles. The molecule has 0 saturated carbocycles. The number of aromatic hydroxyl groups is 1. The molecule has 3 N–H and O–H groups in total. The average molecular weight is 387 g/mol. The van der Waals surface area contributed by atoms with E-state index in [-0.39, 0.29) is 28.5 Å². The first-order chi connectivity index (χ1) is 12.0. The Morgan fingerprint density at radius 1 is 1.24 bits per heavy atom. The van der Waals surface area contributed by atoms with Gasteiger partial charge in [-0.05, 0) is 50.3 Å². The lowest BCUT2D eigenvalue weighted by Crippen LogP contribution is -2.37. The van der Waals surface area contributed by atoms with Crippen LogP contribution in [0.2, 0.25) is 10.0 Å². The number of carbonyl (C=O) groups excluding carboxylic acids is 1. The number of halogens is 2. The summed E-state index contributed by atoms with van der Waals surface area (Å²) in [4.78, 5) is 14.5. The number of likely N-dealkylation sites (tertiary alicyclic amines) is 1. The molecule has 1 aromatic rings. The first-order valence-electron chi connectivity index (χ1n) is 8.83.